The van der Waals surface area contributed by atoms with Gasteiger partial charge in [-0.1, -0.05) is 79.7 Å². The summed E-state index contributed by atoms with van der Waals surface area (Å²) in [6.45, 7) is 6.14. The van der Waals surface area contributed by atoms with Crippen LogP contribution < -0.4 is 19.8 Å². The summed E-state index contributed by atoms with van der Waals surface area (Å²) in [6, 6.07) is 21.5. The van der Waals surface area contributed by atoms with Gasteiger partial charge in [-0.15, -0.1) is 0 Å². The van der Waals surface area contributed by atoms with Gasteiger partial charge in [0.2, 0.25) is 17.7 Å². The molecule has 3 aromatic carbocycles. The molecule has 3 atom stereocenters. The maximum atomic E-state index is 14.1. The molecule has 0 radical (unpaired) electrons. The van der Waals surface area contributed by atoms with Crippen molar-refractivity contribution < 1.29 is 19.1 Å². The van der Waals surface area contributed by atoms with Crippen LogP contribution in [0.1, 0.15) is 42.7 Å². The third-order valence-corrected chi connectivity index (χ3v) is 10.8. The number of amides is 3. The number of fused-ring (bicyclic) bond motifs is 2. The van der Waals surface area contributed by atoms with Crippen molar-refractivity contribution in [2.24, 2.45) is 5.92 Å². The molecule has 3 heterocycles. The summed E-state index contributed by atoms with van der Waals surface area (Å²) in [4.78, 5) is 56.1. The van der Waals surface area contributed by atoms with Gasteiger partial charge in [0.15, 0.2) is 0 Å². The summed E-state index contributed by atoms with van der Waals surface area (Å²) in [6.07, 6.45) is 0. The third-order valence-electron chi connectivity index (χ3n) is 7.95. The van der Waals surface area contributed by atoms with Gasteiger partial charge in [0, 0.05) is 21.5 Å². The van der Waals surface area contributed by atoms with E-state index in [0.29, 0.717) is 32.1 Å². The minimum Gasteiger partial charge on any atom is -0.497 e. The molecule has 0 unspecified atom stereocenters. The maximum absolute atomic E-state index is 14.1. The molecule has 0 aliphatic carbocycles. The SMILES string of the molecule is COc1ccc(NC(=O)Cn2c3c(sc2=O)[C@@H](c2ccc(C(C)(C)C)cc2)[C@H]2C(=O)N(c4ccc(Cl)cc4)C(=O)[C@H]2S3)cc1. The molecule has 1 saturated heterocycles. The Labute approximate surface area is 268 Å². The van der Waals surface area contributed by atoms with E-state index in [1.165, 1.54) is 21.2 Å². The van der Waals surface area contributed by atoms with Crippen LogP contribution in [0.3, 0.4) is 0 Å². The van der Waals surface area contributed by atoms with Crippen LogP contribution in [-0.4, -0.2) is 34.6 Å². The van der Waals surface area contributed by atoms with Gasteiger partial charge in [0.25, 0.3) is 0 Å². The van der Waals surface area contributed by atoms with Crippen LogP contribution in [0.15, 0.2) is 82.6 Å². The van der Waals surface area contributed by atoms with E-state index >= 15 is 0 Å². The van der Waals surface area contributed by atoms with Crippen LogP contribution in [0.2, 0.25) is 5.02 Å². The Morgan fingerprint density at radius 1 is 0.932 bits per heavy atom. The van der Waals surface area contributed by atoms with Gasteiger partial charge in [-0.25, -0.2) is 4.90 Å². The number of hydrogen-bond donors (Lipinski definition) is 1. The van der Waals surface area contributed by atoms with Crippen LogP contribution in [0.4, 0.5) is 11.4 Å². The molecular weight excluding hydrogens is 618 g/mol. The van der Waals surface area contributed by atoms with Crippen molar-refractivity contribution in [1.82, 2.24) is 4.57 Å². The molecule has 3 amide bonds. The average molecular weight is 648 g/mol. The predicted molar refractivity (Wildman–Crippen MR) is 174 cm³/mol. The molecule has 1 N–H and O–H groups in total. The zero-order valence-corrected chi connectivity index (χ0v) is 26.9. The predicted octanol–water partition coefficient (Wildman–Crippen LogP) is 6.30. The summed E-state index contributed by atoms with van der Waals surface area (Å²) in [5, 5.41) is 3.08. The first-order chi connectivity index (χ1) is 21.0. The Hall–Kier alpha value is -3.86. The smallest absolute Gasteiger partial charge is 0.308 e. The average Bonchev–Trinajstić information content (AvgIpc) is 3.43. The van der Waals surface area contributed by atoms with Crippen LogP contribution >= 0.6 is 34.7 Å². The number of aromatic nitrogens is 1. The van der Waals surface area contributed by atoms with E-state index in [1.807, 2.05) is 24.3 Å². The lowest BCUT2D eigenvalue weighted by Crippen LogP contribution is -2.33. The lowest BCUT2D eigenvalue weighted by atomic mass is 9.81. The second kappa shape index (κ2) is 11.6. The standard InChI is InChI=1S/C33H30ClN3O5S2/c1-33(2,3)19-7-5-18(6-8-19)25-26-27(30(40)37(29(26)39)22-13-9-20(34)10-14-22)43-31-28(25)44-32(41)36(31)17-24(38)35-21-11-15-23(42-4)16-12-21/h5-16,25-27H,17H2,1-4H3,(H,35,38)/t25-,26+,27-/m0/s1. The third kappa shape index (κ3) is 5.46. The molecule has 8 nitrogen and oxygen atoms in total. The second-order valence-electron chi connectivity index (χ2n) is 11.8. The summed E-state index contributed by atoms with van der Waals surface area (Å²) >= 11 is 8.29. The first-order valence-electron chi connectivity index (χ1n) is 14.0. The highest BCUT2D eigenvalue weighted by molar-refractivity contribution is 8.00. The number of thiazole rings is 1. The molecule has 226 valence electrons. The Bertz CT molecular complexity index is 1810. The number of carbonyl (C=O) groups is 3. The monoisotopic (exact) mass is 647 g/mol. The number of rotatable bonds is 6. The number of anilines is 2. The van der Waals surface area contributed by atoms with Gasteiger partial charge in [0.05, 0.1) is 23.7 Å². The highest BCUT2D eigenvalue weighted by Gasteiger charge is 2.56. The molecule has 2 aliphatic heterocycles. The van der Waals surface area contributed by atoms with Crippen molar-refractivity contribution in [3.05, 3.63) is 103 Å². The Morgan fingerprint density at radius 2 is 1.59 bits per heavy atom. The first-order valence-corrected chi connectivity index (χ1v) is 16.1. The Balaban J connectivity index is 1.40. The highest BCUT2D eigenvalue weighted by Crippen LogP contribution is 2.54. The molecule has 1 fully saturated rings. The number of halogens is 1. The largest absolute Gasteiger partial charge is 0.497 e. The van der Waals surface area contributed by atoms with E-state index < -0.39 is 17.1 Å². The van der Waals surface area contributed by atoms with Gasteiger partial charge in [-0.2, -0.15) is 0 Å². The van der Waals surface area contributed by atoms with E-state index in [-0.39, 0.29) is 34.6 Å². The number of nitrogens with zero attached hydrogens (tertiary/aromatic N) is 2. The number of methoxy groups -OCH3 is 1. The second-order valence-corrected chi connectivity index (χ2v) is 14.4. The van der Waals surface area contributed by atoms with Crippen molar-refractivity contribution in [3.63, 3.8) is 0 Å². The van der Waals surface area contributed by atoms with Gasteiger partial charge in [-0.3, -0.25) is 23.7 Å². The Morgan fingerprint density at radius 3 is 2.20 bits per heavy atom. The summed E-state index contributed by atoms with van der Waals surface area (Å²) in [7, 11) is 1.56. The molecule has 4 aromatic rings. The fraction of sp³-hybridized carbons (Fsp3) is 0.273. The molecule has 2 aliphatic rings. The van der Waals surface area contributed by atoms with E-state index in [2.05, 4.69) is 26.1 Å². The number of ether oxygens (including phenoxy) is 1. The van der Waals surface area contributed by atoms with Crippen molar-refractivity contribution in [2.75, 3.05) is 17.3 Å². The fourth-order valence-corrected chi connectivity index (χ4v) is 8.57. The van der Waals surface area contributed by atoms with E-state index in [0.717, 1.165) is 22.5 Å². The molecule has 0 bridgehead atoms. The topological polar surface area (TPSA) is 97.7 Å². The summed E-state index contributed by atoms with van der Waals surface area (Å²) in [5.41, 5.74) is 2.89. The van der Waals surface area contributed by atoms with Crippen molar-refractivity contribution in [2.45, 2.75) is 48.9 Å². The van der Waals surface area contributed by atoms with Crippen molar-refractivity contribution in [3.8, 4) is 5.75 Å². The number of nitrogens with one attached hydrogen (secondary N) is 1. The van der Waals surface area contributed by atoms with Crippen LogP contribution in [0.5, 0.6) is 5.75 Å². The minimum absolute atomic E-state index is 0.0788. The number of benzene rings is 3. The number of carbonyl (C=O) groups excluding carboxylic acids is 3. The molecule has 0 saturated carbocycles. The van der Waals surface area contributed by atoms with Gasteiger partial charge in [0.1, 0.15) is 17.5 Å². The lowest BCUT2D eigenvalue weighted by Gasteiger charge is -2.31. The highest BCUT2D eigenvalue weighted by atomic mass is 35.5. The fourth-order valence-electron chi connectivity index (χ4n) is 5.67. The van der Waals surface area contributed by atoms with Crippen molar-refractivity contribution in [1.29, 1.82) is 0 Å². The number of thioether (sulfide) groups is 1. The van der Waals surface area contributed by atoms with E-state index in [4.69, 9.17) is 16.3 Å². The summed E-state index contributed by atoms with van der Waals surface area (Å²) < 4.78 is 6.59. The van der Waals surface area contributed by atoms with Crippen LogP contribution in [-0.2, 0) is 26.3 Å². The van der Waals surface area contributed by atoms with Crippen LogP contribution in [0.25, 0.3) is 0 Å². The molecular formula is C33H30ClN3O5S2. The molecule has 0 spiro atoms. The van der Waals surface area contributed by atoms with E-state index in [1.54, 1.807) is 55.6 Å². The molecule has 6 rings (SSSR count). The normalized spacial score (nSPS) is 19.5. The number of hydrogen-bond acceptors (Lipinski definition) is 7. The quantitative estimate of drug-likeness (QED) is 0.247. The van der Waals surface area contributed by atoms with Crippen molar-refractivity contribution >= 4 is 63.8 Å². The lowest BCUT2D eigenvalue weighted by molar-refractivity contribution is -0.122. The molecule has 1 aromatic heterocycles. The zero-order chi connectivity index (χ0) is 31.3. The molecule has 11 heteroatoms. The maximum Gasteiger partial charge on any atom is 0.308 e. The first kappa shape index (κ1) is 30.2. The van der Waals surface area contributed by atoms with Gasteiger partial charge in [-0.05, 0) is 65.1 Å². The number of imide groups is 1. The Kier molecular flexibility index (Phi) is 7.94. The van der Waals surface area contributed by atoms with Crippen LogP contribution in [0, 0.1) is 5.92 Å². The van der Waals surface area contributed by atoms with Gasteiger partial charge < -0.3 is 10.1 Å². The summed E-state index contributed by atoms with van der Waals surface area (Å²) in [5.74, 6) is -1.68. The van der Waals surface area contributed by atoms with E-state index in [9.17, 15) is 19.2 Å². The zero-order valence-electron chi connectivity index (χ0n) is 24.5. The van der Waals surface area contributed by atoms with Gasteiger partial charge >= 0.3 is 4.87 Å². The minimum atomic E-state index is -0.775. The molecule has 44 heavy (non-hydrogen) atoms.